The third kappa shape index (κ3) is 5.68. The largest absolute Gasteiger partial charge is 0.507 e. The van der Waals surface area contributed by atoms with E-state index in [-0.39, 0.29) is 23.3 Å². The first kappa shape index (κ1) is 25.5. The second-order valence-electron chi connectivity index (χ2n) is 10.9. The molecule has 3 amide bonds. The lowest BCUT2D eigenvalue weighted by Gasteiger charge is -2.28. The van der Waals surface area contributed by atoms with Gasteiger partial charge in [-0.05, 0) is 46.6 Å². The summed E-state index contributed by atoms with van der Waals surface area (Å²) >= 11 is 0. The van der Waals surface area contributed by atoms with Crippen LogP contribution < -0.4 is 0 Å². The highest BCUT2D eigenvalue weighted by Gasteiger charge is 2.34. The van der Waals surface area contributed by atoms with Crippen molar-refractivity contribution in [3.63, 3.8) is 0 Å². The molecule has 0 saturated carbocycles. The molecular weight excluding hydrogens is 428 g/mol. The Balaban J connectivity index is 1.81. The molecule has 0 radical (unpaired) electrons. The summed E-state index contributed by atoms with van der Waals surface area (Å²) in [6.45, 7) is 12.9. The Morgan fingerprint density at radius 1 is 1.06 bits per heavy atom. The van der Waals surface area contributed by atoms with Crippen LogP contribution in [0.1, 0.15) is 70.2 Å². The highest BCUT2D eigenvalue weighted by atomic mass is 16.7. The molecular formula is C28H36N2O4. The van der Waals surface area contributed by atoms with Crippen LogP contribution in [-0.2, 0) is 27.1 Å². The molecule has 6 heteroatoms. The Labute approximate surface area is 202 Å². The number of hydrogen-bond acceptors (Lipinski definition) is 4. The van der Waals surface area contributed by atoms with Crippen LogP contribution in [0.2, 0.25) is 0 Å². The lowest BCUT2D eigenvalue weighted by Crippen LogP contribution is -2.41. The molecule has 182 valence electrons. The highest BCUT2D eigenvalue weighted by Crippen LogP contribution is 2.40. The number of hydrogen-bond donors (Lipinski definition) is 1. The summed E-state index contributed by atoms with van der Waals surface area (Å²) in [4.78, 5) is 32.7. The Morgan fingerprint density at radius 2 is 1.62 bits per heavy atom. The number of carbonyl (C=O) groups excluding carboxylic acids is 2. The van der Waals surface area contributed by atoms with Gasteiger partial charge in [-0.2, -0.15) is 0 Å². The van der Waals surface area contributed by atoms with E-state index in [4.69, 9.17) is 4.84 Å². The zero-order valence-corrected chi connectivity index (χ0v) is 21.3. The Bertz CT molecular complexity index is 1060. The molecule has 0 aliphatic carbocycles. The van der Waals surface area contributed by atoms with Gasteiger partial charge in [0.25, 0.3) is 5.91 Å². The highest BCUT2D eigenvalue weighted by molar-refractivity contribution is 6.08. The molecule has 34 heavy (non-hydrogen) atoms. The average Bonchev–Trinajstić information content (AvgIpc) is 3.11. The summed E-state index contributed by atoms with van der Waals surface area (Å²) in [6, 6.07) is 12.9. The molecule has 6 nitrogen and oxygen atoms in total. The number of benzene rings is 2. The molecule has 2 aromatic rings. The van der Waals surface area contributed by atoms with E-state index in [1.165, 1.54) is 11.9 Å². The van der Waals surface area contributed by atoms with Gasteiger partial charge in [-0.15, -0.1) is 0 Å². The zero-order valence-electron chi connectivity index (χ0n) is 21.3. The van der Waals surface area contributed by atoms with Crippen LogP contribution in [0.15, 0.2) is 48.0 Å². The van der Waals surface area contributed by atoms with E-state index in [1.54, 1.807) is 0 Å². The number of rotatable bonds is 4. The quantitative estimate of drug-likeness (QED) is 0.459. The van der Waals surface area contributed by atoms with Crippen LogP contribution in [0.3, 0.4) is 0 Å². The summed E-state index contributed by atoms with van der Waals surface area (Å²) in [5, 5.41) is 12.1. The molecule has 1 heterocycles. The van der Waals surface area contributed by atoms with Gasteiger partial charge in [0.15, 0.2) is 0 Å². The fourth-order valence-corrected chi connectivity index (χ4v) is 3.99. The van der Waals surface area contributed by atoms with Crippen LogP contribution in [0.25, 0.3) is 6.08 Å². The minimum absolute atomic E-state index is 0.243. The van der Waals surface area contributed by atoms with E-state index in [2.05, 4.69) is 41.5 Å². The number of carbonyl (C=O) groups is 2. The Hall–Kier alpha value is -3.12. The second kappa shape index (κ2) is 9.63. The lowest BCUT2D eigenvalue weighted by molar-refractivity contribution is -0.133. The predicted molar refractivity (Wildman–Crippen MR) is 134 cm³/mol. The van der Waals surface area contributed by atoms with Crippen molar-refractivity contribution < 1.29 is 19.5 Å². The van der Waals surface area contributed by atoms with Gasteiger partial charge in [-0.25, -0.2) is 9.86 Å². The van der Waals surface area contributed by atoms with E-state index < -0.39 is 6.03 Å². The van der Waals surface area contributed by atoms with Crippen LogP contribution in [0.5, 0.6) is 5.75 Å². The lowest BCUT2D eigenvalue weighted by atomic mass is 9.78. The molecule has 1 aliphatic heterocycles. The fourth-order valence-electron chi connectivity index (χ4n) is 3.99. The Kier molecular flexibility index (Phi) is 7.22. The number of nitrogens with zero attached hydrogens (tertiary/aromatic N) is 2. The SMILES string of the molecule is CN(OCc1ccccc1)C(=O)N1CC/C(=C/c2cc(C(C)(C)C)c(O)c(C(C)(C)C)c2)C1=O. The molecule has 1 aliphatic rings. The fraction of sp³-hybridized carbons (Fsp3) is 0.429. The number of hydroxylamine groups is 2. The Morgan fingerprint density at radius 3 is 2.15 bits per heavy atom. The summed E-state index contributed by atoms with van der Waals surface area (Å²) in [6.07, 6.45) is 2.30. The van der Waals surface area contributed by atoms with Gasteiger partial charge in [-0.3, -0.25) is 14.5 Å². The maximum absolute atomic E-state index is 13.1. The zero-order chi connectivity index (χ0) is 25.3. The van der Waals surface area contributed by atoms with Crippen LogP contribution in [0.4, 0.5) is 4.79 Å². The van der Waals surface area contributed by atoms with Crippen LogP contribution >= 0.6 is 0 Å². The third-order valence-electron chi connectivity index (χ3n) is 5.98. The van der Waals surface area contributed by atoms with Crippen molar-refractivity contribution in [1.82, 2.24) is 9.96 Å². The first-order valence-corrected chi connectivity index (χ1v) is 11.6. The second-order valence-corrected chi connectivity index (χ2v) is 10.9. The smallest absolute Gasteiger partial charge is 0.350 e. The predicted octanol–water partition coefficient (Wildman–Crippen LogP) is 5.79. The summed E-state index contributed by atoms with van der Waals surface area (Å²) in [5.74, 6) is -0.0169. The maximum Gasteiger partial charge on any atom is 0.350 e. The van der Waals surface area contributed by atoms with E-state index in [0.717, 1.165) is 27.3 Å². The van der Waals surface area contributed by atoms with Gasteiger partial charge in [0.2, 0.25) is 0 Å². The van der Waals surface area contributed by atoms with Crippen molar-refractivity contribution >= 4 is 18.0 Å². The molecule has 2 aromatic carbocycles. The van der Waals surface area contributed by atoms with Crippen molar-refractivity contribution in [2.24, 2.45) is 0 Å². The first-order valence-electron chi connectivity index (χ1n) is 11.6. The van der Waals surface area contributed by atoms with Gasteiger partial charge < -0.3 is 5.11 Å². The maximum atomic E-state index is 13.1. The molecule has 1 saturated heterocycles. The average molecular weight is 465 g/mol. The molecule has 1 fully saturated rings. The minimum Gasteiger partial charge on any atom is -0.507 e. The van der Waals surface area contributed by atoms with E-state index >= 15 is 0 Å². The number of likely N-dealkylation sites (tertiary alicyclic amines) is 1. The number of urea groups is 1. The molecule has 0 unspecified atom stereocenters. The minimum atomic E-state index is -0.485. The molecule has 0 aromatic heterocycles. The topological polar surface area (TPSA) is 70.1 Å². The monoisotopic (exact) mass is 464 g/mol. The number of phenols is 1. The van der Waals surface area contributed by atoms with Crippen molar-refractivity contribution in [3.05, 3.63) is 70.3 Å². The molecule has 3 rings (SSSR count). The van der Waals surface area contributed by atoms with Gasteiger partial charge in [0.05, 0.1) is 0 Å². The van der Waals surface area contributed by atoms with E-state index in [9.17, 15) is 14.7 Å². The van der Waals surface area contributed by atoms with Crippen molar-refractivity contribution in [3.8, 4) is 5.75 Å². The number of aromatic hydroxyl groups is 1. The molecule has 0 spiro atoms. The number of phenolic OH excluding ortho intramolecular Hbond substituents is 1. The normalized spacial score (nSPS) is 15.8. The summed E-state index contributed by atoms with van der Waals surface area (Å²) in [7, 11) is 1.52. The van der Waals surface area contributed by atoms with Crippen molar-refractivity contribution in [1.29, 1.82) is 0 Å². The van der Waals surface area contributed by atoms with Crippen LogP contribution in [-0.4, -0.2) is 40.6 Å². The van der Waals surface area contributed by atoms with Gasteiger partial charge in [-0.1, -0.05) is 71.9 Å². The first-order chi connectivity index (χ1) is 15.8. The van der Waals surface area contributed by atoms with Crippen molar-refractivity contribution in [2.75, 3.05) is 13.6 Å². The molecule has 1 N–H and O–H groups in total. The molecule has 0 bridgehead atoms. The van der Waals surface area contributed by atoms with E-state index in [1.807, 2.05) is 48.5 Å². The molecule has 0 atom stereocenters. The number of amides is 3. The standard InChI is InChI=1S/C28H36N2O4/c1-27(2,3)22-16-20(17-23(24(22)31)28(4,5)6)15-21-13-14-30(25(21)32)26(33)29(7)34-18-19-11-9-8-10-12-19/h8-12,15-17,31H,13-14,18H2,1-7H3/b21-15-. The van der Waals surface area contributed by atoms with Gasteiger partial charge in [0, 0.05) is 30.3 Å². The van der Waals surface area contributed by atoms with Gasteiger partial charge in [0.1, 0.15) is 12.4 Å². The van der Waals surface area contributed by atoms with Crippen LogP contribution in [0, 0.1) is 0 Å². The number of imide groups is 1. The van der Waals surface area contributed by atoms with Gasteiger partial charge >= 0.3 is 6.03 Å². The van der Waals surface area contributed by atoms with Crippen molar-refractivity contribution in [2.45, 2.75) is 65.4 Å². The summed E-state index contributed by atoms with van der Waals surface area (Å²) in [5.41, 5.74) is 3.48. The third-order valence-corrected chi connectivity index (χ3v) is 5.98. The van der Waals surface area contributed by atoms with E-state index in [0.29, 0.717) is 24.3 Å². The summed E-state index contributed by atoms with van der Waals surface area (Å²) < 4.78 is 0.